The number of para-hydroxylation sites is 3. The molecule has 0 aliphatic rings. The van der Waals surface area contributed by atoms with Gasteiger partial charge >= 0.3 is 11.7 Å². The van der Waals surface area contributed by atoms with E-state index >= 15 is 0 Å². The summed E-state index contributed by atoms with van der Waals surface area (Å²) in [6.45, 7) is 1.13. The van der Waals surface area contributed by atoms with E-state index in [9.17, 15) is 14.4 Å². The maximum Gasteiger partial charge on any atom is 0.420 e. The zero-order chi connectivity index (χ0) is 21.8. The Bertz CT molecular complexity index is 1290. The van der Waals surface area contributed by atoms with Crippen LogP contribution in [-0.2, 0) is 20.9 Å². The van der Waals surface area contributed by atoms with Gasteiger partial charge < -0.3 is 14.5 Å². The fourth-order valence-electron chi connectivity index (χ4n) is 3.28. The molecule has 0 aliphatic carbocycles. The predicted octanol–water partition coefficient (Wildman–Crippen LogP) is 3.83. The second-order valence-corrected chi connectivity index (χ2v) is 6.95. The van der Waals surface area contributed by atoms with Gasteiger partial charge in [-0.15, -0.1) is 0 Å². The number of hydrogen-bond acceptors (Lipinski definition) is 5. The minimum Gasteiger partial charge on any atom is -0.451 e. The summed E-state index contributed by atoms with van der Waals surface area (Å²) >= 11 is 0. The van der Waals surface area contributed by atoms with Crippen LogP contribution in [0.3, 0.4) is 0 Å². The molecule has 0 saturated carbocycles. The van der Waals surface area contributed by atoms with Crippen molar-refractivity contribution in [3.8, 4) is 11.1 Å². The van der Waals surface area contributed by atoms with Crippen LogP contribution in [0.5, 0.6) is 0 Å². The number of benzene rings is 3. The highest BCUT2D eigenvalue weighted by Gasteiger charge is 2.21. The van der Waals surface area contributed by atoms with Gasteiger partial charge in [0, 0.05) is 11.3 Å². The van der Waals surface area contributed by atoms with E-state index in [1.807, 2.05) is 48.5 Å². The Morgan fingerprint density at radius 2 is 1.65 bits per heavy atom. The lowest BCUT2D eigenvalue weighted by molar-refractivity contribution is -0.153. The van der Waals surface area contributed by atoms with Gasteiger partial charge in [0.2, 0.25) is 0 Å². The molecular formula is C24H20N2O5. The van der Waals surface area contributed by atoms with Crippen molar-refractivity contribution in [2.45, 2.75) is 19.6 Å². The molecule has 4 rings (SSSR count). The summed E-state index contributed by atoms with van der Waals surface area (Å²) in [7, 11) is 0. The van der Waals surface area contributed by atoms with Gasteiger partial charge in [0.05, 0.1) is 5.52 Å². The van der Waals surface area contributed by atoms with E-state index in [0.717, 1.165) is 11.1 Å². The molecule has 0 bridgehead atoms. The molecule has 7 heteroatoms. The first-order chi connectivity index (χ1) is 15.0. The fourth-order valence-corrected chi connectivity index (χ4v) is 3.28. The Labute approximate surface area is 177 Å². The van der Waals surface area contributed by atoms with Gasteiger partial charge in [0.15, 0.2) is 11.7 Å². The van der Waals surface area contributed by atoms with Crippen molar-refractivity contribution in [3.05, 3.63) is 89.4 Å². The average Bonchev–Trinajstić information content (AvgIpc) is 3.09. The highest BCUT2D eigenvalue weighted by atomic mass is 16.5. The van der Waals surface area contributed by atoms with Crippen LogP contribution < -0.4 is 11.1 Å². The topological polar surface area (TPSA) is 90.5 Å². The van der Waals surface area contributed by atoms with E-state index in [2.05, 4.69) is 5.32 Å². The summed E-state index contributed by atoms with van der Waals surface area (Å²) in [6.07, 6.45) is -1.05. The standard InChI is InChI=1S/C24H20N2O5/c1-16(30-22(27)15-26-20-13-7-8-14-21(20)31-24(26)29)23(28)25-19-12-6-5-11-18(19)17-9-3-2-4-10-17/h2-14,16H,15H2,1H3,(H,25,28)/t16-/m0/s1. The first-order valence-electron chi connectivity index (χ1n) is 9.76. The van der Waals surface area contributed by atoms with Gasteiger partial charge in [-0.05, 0) is 30.7 Å². The van der Waals surface area contributed by atoms with Gasteiger partial charge in [-0.3, -0.25) is 14.2 Å². The van der Waals surface area contributed by atoms with Crippen molar-refractivity contribution in [2.24, 2.45) is 0 Å². The van der Waals surface area contributed by atoms with Gasteiger partial charge in [-0.1, -0.05) is 60.7 Å². The Morgan fingerprint density at radius 1 is 0.968 bits per heavy atom. The van der Waals surface area contributed by atoms with E-state index in [1.165, 1.54) is 11.5 Å². The number of fused-ring (bicyclic) bond motifs is 1. The highest BCUT2D eigenvalue weighted by molar-refractivity contribution is 5.98. The Balaban J connectivity index is 1.44. The van der Waals surface area contributed by atoms with Gasteiger partial charge in [0.1, 0.15) is 6.54 Å². The number of oxazole rings is 1. The number of carbonyl (C=O) groups is 2. The zero-order valence-electron chi connectivity index (χ0n) is 16.8. The van der Waals surface area contributed by atoms with E-state index in [4.69, 9.17) is 9.15 Å². The molecule has 1 amide bonds. The molecule has 0 radical (unpaired) electrons. The molecule has 0 saturated heterocycles. The number of anilines is 1. The molecule has 0 aliphatic heterocycles. The number of carbonyl (C=O) groups excluding carboxylic acids is 2. The summed E-state index contributed by atoms with van der Waals surface area (Å²) < 4.78 is 11.5. The van der Waals surface area contributed by atoms with Crippen molar-refractivity contribution in [2.75, 3.05) is 5.32 Å². The lowest BCUT2D eigenvalue weighted by Gasteiger charge is -2.16. The molecule has 0 unspecified atom stereocenters. The first kappa shape index (κ1) is 20.2. The predicted molar refractivity (Wildman–Crippen MR) is 117 cm³/mol. The number of rotatable bonds is 6. The SMILES string of the molecule is C[C@H](OC(=O)Cn1c(=O)oc2ccccc21)C(=O)Nc1ccccc1-c1ccccc1. The largest absolute Gasteiger partial charge is 0.451 e. The van der Waals surface area contributed by atoms with Crippen LogP contribution in [0.25, 0.3) is 22.2 Å². The van der Waals surface area contributed by atoms with Crippen LogP contribution in [0.15, 0.2) is 88.1 Å². The zero-order valence-corrected chi connectivity index (χ0v) is 16.8. The summed E-state index contributed by atoms with van der Waals surface area (Å²) in [5.74, 6) is -1.85. The molecule has 1 atom stereocenters. The van der Waals surface area contributed by atoms with Crippen LogP contribution in [0.4, 0.5) is 5.69 Å². The summed E-state index contributed by atoms with van der Waals surface area (Å²) in [4.78, 5) is 37.0. The van der Waals surface area contributed by atoms with Crippen LogP contribution in [-0.4, -0.2) is 22.5 Å². The molecule has 0 spiro atoms. The molecule has 31 heavy (non-hydrogen) atoms. The Hall–Kier alpha value is -4.13. The third-order valence-electron chi connectivity index (χ3n) is 4.81. The first-order valence-corrected chi connectivity index (χ1v) is 9.76. The molecule has 7 nitrogen and oxygen atoms in total. The second-order valence-electron chi connectivity index (χ2n) is 6.95. The lowest BCUT2D eigenvalue weighted by Crippen LogP contribution is -2.32. The number of nitrogens with zero attached hydrogens (tertiary/aromatic N) is 1. The Kier molecular flexibility index (Phi) is 5.66. The quantitative estimate of drug-likeness (QED) is 0.483. The number of esters is 1. The van der Waals surface area contributed by atoms with Crippen molar-refractivity contribution in [1.29, 1.82) is 0 Å². The van der Waals surface area contributed by atoms with Crippen LogP contribution in [0.1, 0.15) is 6.92 Å². The molecule has 0 fully saturated rings. The molecule has 1 heterocycles. The van der Waals surface area contributed by atoms with E-state index in [0.29, 0.717) is 16.8 Å². The summed E-state index contributed by atoms with van der Waals surface area (Å²) in [6, 6.07) is 23.8. The monoisotopic (exact) mass is 416 g/mol. The third-order valence-corrected chi connectivity index (χ3v) is 4.81. The van der Waals surface area contributed by atoms with Crippen LogP contribution in [0, 0.1) is 0 Å². The second kappa shape index (κ2) is 8.71. The summed E-state index contributed by atoms with van der Waals surface area (Å²) in [5.41, 5.74) is 3.28. The van der Waals surface area contributed by atoms with Crippen molar-refractivity contribution in [1.82, 2.24) is 4.57 Å². The Morgan fingerprint density at radius 3 is 2.45 bits per heavy atom. The smallest absolute Gasteiger partial charge is 0.420 e. The van der Waals surface area contributed by atoms with Gasteiger partial charge in [-0.2, -0.15) is 0 Å². The van der Waals surface area contributed by atoms with E-state index in [1.54, 1.807) is 30.3 Å². The van der Waals surface area contributed by atoms with Crippen molar-refractivity contribution in [3.63, 3.8) is 0 Å². The number of hydrogen-bond donors (Lipinski definition) is 1. The lowest BCUT2D eigenvalue weighted by atomic mass is 10.0. The molecule has 156 valence electrons. The van der Waals surface area contributed by atoms with E-state index < -0.39 is 23.7 Å². The maximum atomic E-state index is 12.6. The number of aromatic nitrogens is 1. The number of ether oxygens (including phenoxy) is 1. The molecule has 1 N–H and O–H groups in total. The third kappa shape index (κ3) is 4.40. The van der Waals surface area contributed by atoms with Gasteiger partial charge in [0.25, 0.3) is 5.91 Å². The van der Waals surface area contributed by atoms with Crippen molar-refractivity contribution >= 4 is 28.7 Å². The average molecular weight is 416 g/mol. The molecule has 1 aromatic heterocycles. The van der Waals surface area contributed by atoms with E-state index in [-0.39, 0.29) is 6.54 Å². The maximum absolute atomic E-state index is 12.6. The number of nitrogens with one attached hydrogen (secondary N) is 1. The van der Waals surface area contributed by atoms with Crippen molar-refractivity contribution < 1.29 is 18.7 Å². The fraction of sp³-hybridized carbons (Fsp3) is 0.125. The van der Waals surface area contributed by atoms with Crippen LogP contribution >= 0.6 is 0 Å². The molecule has 3 aromatic carbocycles. The highest BCUT2D eigenvalue weighted by Crippen LogP contribution is 2.27. The minimum absolute atomic E-state index is 0.353. The molecular weight excluding hydrogens is 396 g/mol. The normalized spacial score (nSPS) is 11.8. The number of amides is 1. The summed E-state index contributed by atoms with van der Waals surface area (Å²) in [5, 5.41) is 2.81. The van der Waals surface area contributed by atoms with Crippen LogP contribution in [0.2, 0.25) is 0 Å². The molecule has 4 aromatic rings. The van der Waals surface area contributed by atoms with Gasteiger partial charge in [-0.25, -0.2) is 4.79 Å². The minimum atomic E-state index is -1.05.